The van der Waals surface area contributed by atoms with Crippen LogP contribution in [0.1, 0.15) is 55.6 Å². The fraction of sp³-hybridized carbons (Fsp3) is 0.448. The summed E-state index contributed by atoms with van der Waals surface area (Å²) < 4.78 is 5.39. The Morgan fingerprint density at radius 2 is 1.91 bits per heavy atom. The molecule has 0 bridgehead atoms. The van der Waals surface area contributed by atoms with Crippen LogP contribution in [0.5, 0.6) is 5.75 Å². The van der Waals surface area contributed by atoms with Crippen LogP contribution in [-0.4, -0.2) is 47.2 Å². The quantitative estimate of drug-likeness (QED) is 0.398. The molecule has 2 fully saturated rings. The van der Waals surface area contributed by atoms with Crippen molar-refractivity contribution in [2.24, 2.45) is 5.41 Å². The van der Waals surface area contributed by atoms with Crippen LogP contribution in [0.4, 0.5) is 0 Å². The van der Waals surface area contributed by atoms with Crippen LogP contribution >= 0.6 is 11.6 Å². The first-order chi connectivity index (χ1) is 17.0. The third-order valence-electron chi connectivity index (χ3n) is 8.33. The van der Waals surface area contributed by atoms with E-state index in [1.165, 1.54) is 18.4 Å². The number of carboxylic acid groups (broad SMARTS) is 1. The van der Waals surface area contributed by atoms with Crippen LogP contribution < -0.4 is 4.74 Å². The van der Waals surface area contributed by atoms with Gasteiger partial charge in [0.15, 0.2) is 0 Å². The number of hydrogen-bond acceptors (Lipinski definition) is 4. The van der Waals surface area contributed by atoms with Crippen molar-refractivity contribution in [2.75, 3.05) is 20.2 Å². The number of halogens is 1. The predicted octanol–water partition coefficient (Wildman–Crippen LogP) is 6.33. The largest absolute Gasteiger partial charge is 0.497 e. The van der Waals surface area contributed by atoms with Crippen molar-refractivity contribution in [2.45, 2.75) is 56.9 Å². The van der Waals surface area contributed by atoms with Gasteiger partial charge >= 0.3 is 5.97 Å². The van der Waals surface area contributed by atoms with Crippen molar-refractivity contribution >= 4 is 28.5 Å². The van der Waals surface area contributed by atoms with Gasteiger partial charge in [-0.1, -0.05) is 41.9 Å². The van der Waals surface area contributed by atoms with E-state index in [9.17, 15) is 9.90 Å². The summed E-state index contributed by atoms with van der Waals surface area (Å²) in [6.07, 6.45) is 7.66. The molecule has 0 spiro atoms. The number of hydrogen-bond donors (Lipinski definition) is 1. The zero-order chi connectivity index (χ0) is 24.4. The molecule has 35 heavy (non-hydrogen) atoms. The number of nitrogens with zero attached hydrogens (tertiary/aromatic N) is 2. The van der Waals surface area contributed by atoms with E-state index in [2.05, 4.69) is 40.2 Å². The van der Waals surface area contributed by atoms with Gasteiger partial charge in [0.25, 0.3) is 0 Å². The van der Waals surface area contributed by atoms with Crippen molar-refractivity contribution in [3.63, 3.8) is 0 Å². The molecule has 0 amide bonds. The van der Waals surface area contributed by atoms with E-state index in [0.717, 1.165) is 48.1 Å². The van der Waals surface area contributed by atoms with Gasteiger partial charge in [0.2, 0.25) is 0 Å². The molecule has 2 aromatic carbocycles. The predicted molar refractivity (Wildman–Crippen MR) is 139 cm³/mol. The maximum Gasteiger partial charge on any atom is 0.309 e. The van der Waals surface area contributed by atoms with Crippen molar-refractivity contribution in [1.82, 2.24) is 9.88 Å². The summed E-state index contributed by atoms with van der Waals surface area (Å²) in [7, 11) is 1.65. The third-order valence-corrected chi connectivity index (χ3v) is 8.65. The molecule has 3 aromatic rings. The Balaban J connectivity index is 1.19. The number of benzene rings is 2. The molecule has 1 aliphatic heterocycles. The number of methoxy groups -OCH3 is 1. The number of fused-ring (bicyclic) bond motifs is 1. The molecule has 1 aliphatic carbocycles. The van der Waals surface area contributed by atoms with Crippen molar-refractivity contribution in [3.05, 3.63) is 70.9 Å². The maximum atomic E-state index is 12.4. The van der Waals surface area contributed by atoms with E-state index in [0.29, 0.717) is 36.2 Å². The van der Waals surface area contributed by atoms with Crippen molar-refractivity contribution < 1.29 is 14.6 Å². The Labute approximate surface area is 212 Å². The average Bonchev–Trinajstić information content (AvgIpc) is 2.85. The van der Waals surface area contributed by atoms with Gasteiger partial charge in [-0.25, -0.2) is 0 Å². The second kappa shape index (κ2) is 10.2. The van der Waals surface area contributed by atoms with Gasteiger partial charge in [0, 0.05) is 17.6 Å². The third kappa shape index (κ3) is 4.89. The number of ether oxygens (including phenoxy) is 1. The topological polar surface area (TPSA) is 62.7 Å². The number of aliphatic carboxylic acids is 1. The van der Waals surface area contributed by atoms with Gasteiger partial charge in [-0.05, 0) is 93.3 Å². The van der Waals surface area contributed by atoms with Gasteiger partial charge in [0.1, 0.15) is 5.75 Å². The molecule has 1 N–H and O–H groups in total. The van der Waals surface area contributed by atoms with Crippen LogP contribution in [0.25, 0.3) is 10.9 Å². The summed E-state index contributed by atoms with van der Waals surface area (Å²) >= 11 is 6.52. The minimum absolute atomic E-state index is 0.587. The average molecular weight is 493 g/mol. The molecule has 0 atom stereocenters. The highest BCUT2D eigenvalue weighted by Gasteiger charge is 2.44. The lowest BCUT2D eigenvalue weighted by Crippen LogP contribution is -2.51. The number of rotatable bonds is 8. The highest BCUT2D eigenvalue weighted by Crippen LogP contribution is 2.44. The molecule has 6 heteroatoms. The minimum Gasteiger partial charge on any atom is -0.497 e. The molecule has 2 aliphatic rings. The van der Waals surface area contributed by atoms with Crippen LogP contribution in [0.3, 0.4) is 0 Å². The molecule has 5 rings (SSSR count). The lowest BCUT2D eigenvalue weighted by Gasteiger charge is -2.48. The molecule has 184 valence electrons. The van der Waals surface area contributed by atoms with Crippen LogP contribution in [0.15, 0.2) is 54.7 Å². The van der Waals surface area contributed by atoms with Gasteiger partial charge in [-0.2, -0.15) is 0 Å². The second-order valence-corrected chi connectivity index (χ2v) is 10.6. The lowest BCUT2D eigenvalue weighted by atomic mass is 9.71. The molecule has 0 radical (unpaired) electrons. The number of piperidine rings is 1. The number of carbonyl (C=O) groups is 1. The van der Waals surface area contributed by atoms with Gasteiger partial charge < -0.3 is 14.7 Å². The Hall–Kier alpha value is -2.63. The zero-order valence-electron chi connectivity index (χ0n) is 20.3. The Morgan fingerprint density at radius 3 is 2.60 bits per heavy atom. The molecule has 2 heterocycles. The highest BCUT2D eigenvalue weighted by atomic mass is 35.5. The monoisotopic (exact) mass is 492 g/mol. The first-order valence-corrected chi connectivity index (χ1v) is 13.0. The summed E-state index contributed by atoms with van der Waals surface area (Å²) in [6.45, 7) is 1.74. The molecule has 1 saturated carbocycles. The second-order valence-electron chi connectivity index (χ2n) is 10.2. The highest BCUT2D eigenvalue weighted by molar-refractivity contribution is 6.32. The fourth-order valence-electron chi connectivity index (χ4n) is 5.96. The smallest absolute Gasteiger partial charge is 0.309 e. The standard InChI is InChI=1S/C29H33ClN2O3/c1-35-23-9-10-27-25(18-23)24(26(30)19-31-27)8-5-11-29(28(33)34)12-14-32(15-13-29)22-16-21(17-22)20-6-3-2-4-7-20/h2-4,6-7,9-10,18-19,21-22H,5,8,11-17H2,1H3,(H,33,34). The molecule has 1 saturated heterocycles. The molecule has 0 unspecified atom stereocenters. The SMILES string of the molecule is COc1ccc2ncc(Cl)c(CCCC3(C(=O)O)CCN(C4CC(c5ccccc5)C4)CC3)c2c1. The Morgan fingerprint density at radius 1 is 1.17 bits per heavy atom. The van der Waals surface area contributed by atoms with E-state index >= 15 is 0 Å². The summed E-state index contributed by atoms with van der Waals surface area (Å²) in [5.74, 6) is 0.758. The van der Waals surface area contributed by atoms with E-state index in [1.54, 1.807) is 13.3 Å². The number of pyridine rings is 1. The first kappa shape index (κ1) is 24.1. The summed E-state index contributed by atoms with van der Waals surface area (Å²) in [4.78, 5) is 19.4. The van der Waals surface area contributed by atoms with Crippen LogP contribution in [0.2, 0.25) is 5.02 Å². The summed E-state index contributed by atoms with van der Waals surface area (Å²) in [5, 5.41) is 11.8. The van der Waals surface area contributed by atoms with Crippen LogP contribution in [0, 0.1) is 5.41 Å². The van der Waals surface area contributed by atoms with E-state index in [4.69, 9.17) is 16.3 Å². The first-order valence-electron chi connectivity index (χ1n) is 12.6. The van der Waals surface area contributed by atoms with Crippen molar-refractivity contribution in [1.29, 1.82) is 0 Å². The molecule has 5 nitrogen and oxygen atoms in total. The Kier molecular flexibility index (Phi) is 6.99. The normalized spacial score (nSPS) is 22.0. The van der Waals surface area contributed by atoms with Gasteiger partial charge in [-0.3, -0.25) is 9.78 Å². The van der Waals surface area contributed by atoms with E-state index < -0.39 is 11.4 Å². The van der Waals surface area contributed by atoms with E-state index in [-0.39, 0.29) is 0 Å². The van der Waals surface area contributed by atoms with Crippen LogP contribution in [-0.2, 0) is 11.2 Å². The summed E-state index contributed by atoms with van der Waals surface area (Å²) in [6, 6.07) is 17.1. The van der Waals surface area contributed by atoms with E-state index in [1.807, 2.05) is 18.2 Å². The van der Waals surface area contributed by atoms with Gasteiger partial charge in [0.05, 0.1) is 23.1 Å². The fourth-order valence-corrected chi connectivity index (χ4v) is 6.20. The number of carboxylic acids is 1. The molecule has 1 aromatic heterocycles. The molecular weight excluding hydrogens is 460 g/mol. The van der Waals surface area contributed by atoms with Gasteiger partial charge in [-0.15, -0.1) is 0 Å². The molecular formula is C29H33ClN2O3. The Bertz CT molecular complexity index is 1190. The lowest BCUT2D eigenvalue weighted by molar-refractivity contribution is -0.153. The number of likely N-dealkylation sites (tertiary alicyclic amines) is 1. The number of aromatic nitrogens is 1. The maximum absolute atomic E-state index is 12.4. The summed E-state index contributed by atoms with van der Waals surface area (Å²) in [5.41, 5.74) is 2.68. The zero-order valence-corrected chi connectivity index (χ0v) is 21.0. The number of aryl methyl sites for hydroxylation is 1. The van der Waals surface area contributed by atoms with Crippen molar-refractivity contribution in [3.8, 4) is 5.75 Å². The minimum atomic E-state index is -0.653.